The van der Waals surface area contributed by atoms with Crippen molar-refractivity contribution in [2.75, 3.05) is 32.1 Å². The van der Waals surface area contributed by atoms with Crippen LogP contribution in [0.25, 0.3) is 6.08 Å². The number of aromatic hydroxyl groups is 2. The fourth-order valence-corrected chi connectivity index (χ4v) is 5.48. The Labute approximate surface area is 211 Å². The first kappa shape index (κ1) is 24.0. The molecule has 0 unspecified atom stereocenters. The number of fused-ring (bicyclic) bond motifs is 3. The summed E-state index contributed by atoms with van der Waals surface area (Å²) in [4.78, 5) is 19.5. The molecule has 0 bridgehead atoms. The van der Waals surface area contributed by atoms with Gasteiger partial charge in [0, 0.05) is 61.8 Å². The zero-order valence-corrected chi connectivity index (χ0v) is 21.4. The minimum Gasteiger partial charge on any atom is -0.492 e. The first-order valence-corrected chi connectivity index (χ1v) is 12.5. The van der Waals surface area contributed by atoms with E-state index in [4.69, 9.17) is 4.84 Å². The van der Waals surface area contributed by atoms with Crippen LogP contribution >= 0.6 is 0 Å². The van der Waals surface area contributed by atoms with E-state index in [1.807, 2.05) is 0 Å². The fourth-order valence-electron chi connectivity index (χ4n) is 5.48. The van der Waals surface area contributed by atoms with Gasteiger partial charge in [-0.25, -0.2) is 9.37 Å². The van der Waals surface area contributed by atoms with E-state index >= 15 is 0 Å². The number of carbonyl (C=O) groups excluding carboxylic acids is 1. The lowest BCUT2D eigenvalue weighted by atomic mass is 9.71. The number of aryl methyl sites for hydroxylation is 1. The highest BCUT2D eigenvalue weighted by molar-refractivity contribution is 5.70. The maximum Gasteiger partial charge on any atom is 0.333 e. The molecule has 36 heavy (non-hydrogen) atoms. The van der Waals surface area contributed by atoms with Crippen LogP contribution in [0.15, 0.2) is 42.5 Å². The molecule has 7 nitrogen and oxygen atoms in total. The molecule has 2 heterocycles. The third-order valence-corrected chi connectivity index (χ3v) is 7.48. The number of nitrogens with zero attached hydrogens (tertiary/aromatic N) is 3. The molecule has 0 saturated heterocycles. The highest BCUT2D eigenvalue weighted by Gasteiger charge is 2.32. The van der Waals surface area contributed by atoms with E-state index in [9.17, 15) is 15.0 Å². The van der Waals surface area contributed by atoms with Crippen LogP contribution in [-0.4, -0.2) is 48.1 Å². The second-order valence-corrected chi connectivity index (χ2v) is 10.5. The average molecular weight is 489 g/mol. The van der Waals surface area contributed by atoms with Gasteiger partial charge >= 0.3 is 5.97 Å². The molecule has 0 atom stereocenters. The first-order valence-electron chi connectivity index (χ1n) is 12.5. The summed E-state index contributed by atoms with van der Waals surface area (Å²) in [5.41, 5.74) is 6.37. The van der Waals surface area contributed by atoms with Gasteiger partial charge in [0.25, 0.3) is 0 Å². The van der Waals surface area contributed by atoms with Gasteiger partial charge in [-0.05, 0) is 52.6 Å². The Morgan fingerprint density at radius 1 is 1.08 bits per heavy atom. The van der Waals surface area contributed by atoms with Crippen LogP contribution in [0, 0.1) is 0 Å². The monoisotopic (exact) mass is 488 g/mol. The predicted octanol–water partition coefficient (Wildman–Crippen LogP) is 2.31. The number of hydrogen-bond donors (Lipinski definition) is 2. The molecule has 188 valence electrons. The van der Waals surface area contributed by atoms with E-state index in [0.29, 0.717) is 6.42 Å². The van der Waals surface area contributed by atoms with E-state index in [1.165, 1.54) is 50.6 Å². The zero-order valence-electron chi connectivity index (χ0n) is 21.4. The Balaban J connectivity index is 1.43. The maximum absolute atomic E-state index is 12.3. The summed E-state index contributed by atoms with van der Waals surface area (Å²) in [5.74, 6) is -1.12. The Morgan fingerprint density at radius 2 is 1.83 bits per heavy atom. The molecule has 7 heteroatoms. The summed E-state index contributed by atoms with van der Waals surface area (Å²) in [6.45, 7) is 6.29. The summed E-state index contributed by atoms with van der Waals surface area (Å²) in [6, 6.07) is 14.0. The molecule has 5 rings (SSSR count). The van der Waals surface area contributed by atoms with Crippen molar-refractivity contribution in [3.63, 3.8) is 0 Å². The van der Waals surface area contributed by atoms with E-state index < -0.39 is 5.97 Å². The quantitative estimate of drug-likeness (QED) is 0.521. The van der Waals surface area contributed by atoms with Crippen molar-refractivity contribution in [1.82, 2.24) is 9.31 Å². The lowest BCUT2D eigenvalue weighted by Crippen LogP contribution is -2.42. The highest BCUT2D eigenvalue weighted by atomic mass is 16.7. The number of carbonyl (C=O) groups is 1. The molecule has 1 aromatic heterocycles. The van der Waals surface area contributed by atoms with Crippen molar-refractivity contribution in [2.45, 2.75) is 44.9 Å². The minimum absolute atomic E-state index is 0.131. The maximum atomic E-state index is 12.3. The molecule has 0 saturated carbocycles. The normalized spacial score (nSPS) is 15.4. The summed E-state index contributed by atoms with van der Waals surface area (Å²) < 4.78 is 3.11. The van der Waals surface area contributed by atoms with Crippen LogP contribution in [0.1, 0.15) is 55.4 Å². The Kier molecular flexibility index (Phi) is 6.02. The van der Waals surface area contributed by atoms with Crippen LogP contribution in [0.5, 0.6) is 11.8 Å². The van der Waals surface area contributed by atoms with Crippen LogP contribution in [0.3, 0.4) is 0 Å². The Morgan fingerprint density at radius 3 is 2.56 bits per heavy atom. The van der Waals surface area contributed by atoms with Gasteiger partial charge in [-0.2, -0.15) is 0 Å². The fraction of sp³-hybridized carbons (Fsp3) is 0.379. The Bertz CT molecular complexity index is 1450. The van der Waals surface area contributed by atoms with Crippen molar-refractivity contribution in [3.8, 4) is 11.8 Å². The molecule has 1 aliphatic carbocycles. The lowest BCUT2D eigenvalue weighted by Gasteiger charge is -2.33. The molecule has 2 N–H and O–H groups in total. The molecule has 0 amide bonds. The van der Waals surface area contributed by atoms with Crippen LogP contribution in [0.4, 0.5) is 5.69 Å². The van der Waals surface area contributed by atoms with E-state index in [1.54, 1.807) is 0 Å². The first-order chi connectivity index (χ1) is 17.1. The van der Waals surface area contributed by atoms with Crippen molar-refractivity contribution in [2.24, 2.45) is 0 Å². The summed E-state index contributed by atoms with van der Waals surface area (Å²) in [6.07, 6.45) is 5.24. The molecule has 0 fully saturated rings. The van der Waals surface area contributed by atoms with Gasteiger partial charge in [0.2, 0.25) is 17.1 Å². The van der Waals surface area contributed by atoms with Gasteiger partial charge in [-0.1, -0.05) is 19.9 Å². The summed E-state index contributed by atoms with van der Waals surface area (Å²) in [7, 11) is 4.15. The smallest absolute Gasteiger partial charge is 0.333 e. The molecule has 2 aromatic carbocycles. The summed E-state index contributed by atoms with van der Waals surface area (Å²) in [5, 5.41) is 21.9. The third kappa shape index (κ3) is 4.23. The van der Waals surface area contributed by atoms with Gasteiger partial charge in [0.15, 0.2) is 0 Å². The van der Waals surface area contributed by atoms with E-state index in [-0.39, 0.29) is 23.6 Å². The second-order valence-electron chi connectivity index (χ2n) is 10.5. The van der Waals surface area contributed by atoms with Gasteiger partial charge in [-0.15, -0.1) is 4.73 Å². The highest BCUT2D eigenvalue weighted by Crippen LogP contribution is 2.36. The molecular formula is C29H34N3O4+. The van der Waals surface area contributed by atoms with Gasteiger partial charge in [-0.3, -0.25) is 0 Å². The molecule has 3 aromatic rings. The number of rotatable bonds is 6. The average Bonchev–Trinajstić information content (AvgIpc) is 3.15. The molecule has 2 aliphatic rings. The predicted molar refractivity (Wildman–Crippen MR) is 140 cm³/mol. The molecule has 1 aliphatic heterocycles. The number of benzene rings is 2. The van der Waals surface area contributed by atoms with Gasteiger partial charge in [0.1, 0.15) is 13.1 Å². The van der Waals surface area contributed by atoms with Crippen LogP contribution in [0.2, 0.25) is 0 Å². The van der Waals surface area contributed by atoms with Gasteiger partial charge in [0.05, 0.1) is 6.42 Å². The lowest BCUT2D eigenvalue weighted by molar-refractivity contribution is -0.145. The van der Waals surface area contributed by atoms with Crippen LogP contribution < -0.4 is 24.9 Å². The van der Waals surface area contributed by atoms with Crippen molar-refractivity contribution in [1.29, 1.82) is 0 Å². The largest absolute Gasteiger partial charge is 0.492 e. The molecular weight excluding hydrogens is 454 g/mol. The standard InChI is InChI=1S/C29H33N3O4/c1-29(2)23-17-22(30(3)4)10-9-19(23)15-21-16-20-7-5-13-31(25(20)18-24(21)29)14-6-8-28(35)36-32-26(33)11-12-27(32)34/h9-12,15-18H,5-8,13-14H2,1-4H3,(H-,33,34)/p+1. The number of hydrogen-bond acceptors (Lipinski definition) is 5. The number of anilines is 1. The third-order valence-electron chi connectivity index (χ3n) is 7.48. The molecule has 0 spiro atoms. The van der Waals surface area contributed by atoms with Crippen molar-refractivity contribution < 1.29 is 19.8 Å². The Hall–Kier alpha value is -3.74. The SMILES string of the molecule is CN(C)c1ccc2c(c1)C(C)(C)c1cc3c(cc1=C2)CCC[N+]=3CCCC(=O)On1c(O)ccc1O. The minimum atomic E-state index is -0.497. The van der Waals surface area contributed by atoms with Crippen LogP contribution in [-0.2, 0) is 16.6 Å². The van der Waals surface area contributed by atoms with E-state index in [0.717, 1.165) is 30.7 Å². The second kappa shape index (κ2) is 9.04. The summed E-state index contributed by atoms with van der Waals surface area (Å²) >= 11 is 0. The van der Waals surface area contributed by atoms with Crippen molar-refractivity contribution >= 4 is 17.7 Å². The topological polar surface area (TPSA) is 77.9 Å². The van der Waals surface area contributed by atoms with Crippen molar-refractivity contribution in [3.05, 3.63) is 75.3 Å². The zero-order chi connectivity index (χ0) is 25.6. The van der Waals surface area contributed by atoms with E-state index in [2.05, 4.69) is 73.8 Å². The molecule has 0 radical (unpaired) electrons. The van der Waals surface area contributed by atoms with Gasteiger partial charge < -0.3 is 20.0 Å². The number of aromatic nitrogens is 1.